The van der Waals surface area contributed by atoms with Crippen molar-refractivity contribution >= 4 is 22.1 Å². The van der Waals surface area contributed by atoms with E-state index in [1.807, 2.05) is 0 Å². The Balaban J connectivity index is 2.40. The predicted molar refractivity (Wildman–Crippen MR) is 73.2 cm³/mol. The van der Waals surface area contributed by atoms with Crippen molar-refractivity contribution in [1.29, 1.82) is 0 Å². The standard InChI is InChI=1S/C16HF12N/c17-3-1-2(4(18)8(22)7(3)21)6(20)15(12(26)5(1)19)29-16-13(27)10(24)9(23)11(25)14(16)28/h29H. The van der Waals surface area contributed by atoms with E-state index < -0.39 is 92.0 Å². The molecule has 0 spiro atoms. The predicted octanol–water partition coefficient (Wildman–Crippen LogP) is 6.25. The molecule has 0 aliphatic rings. The number of fused-ring (bicyclic) bond motifs is 1. The van der Waals surface area contributed by atoms with E-state index >= 15 is 0 Å². The summed E-state index contributed by atoms with van der Waals surface area (Å²) >= 11 is 0. The van der Waals surface area contributed by atoms with Gasteiger partial charge in [0.1, 0.15) is 11.4 Å². The Kier molecular flexibility index (Phi) is 4.79. The van der Waals surface area contributed by atoms with Gasteiger partial charge in [-0.05, 0) is 0 Å². The van der Waals surface area contributed by atoms with Crippen LogP contribution in [0.5, 0.6) is 0 Å². The molecular formula is C16HF12N. The van der Waals surface area contributed by atoms with Crippen LogP contribution in [0.25, 0.3) is 10.8 Å². The molecule has 13 heteroatoms. The van der Waals surface area contributed by atoms with Gasteiger partial charge in [-0.25, -0.2) is 52.7 Å². The minimum absolute atomic E-state index is 1.01. The Morgan fingerprint density at radius 1 is 0.276 bits per heavy atom. The van der Waals surface area contributed by atoms with Crippen LogP contribution in [0.1, 0.15) is 0 Å². The molecule has 0 heterocycles. The van der Waals surface area contributed by atoms with E-state index in [-0.39, 0.29) is 0 Å². The van der Waals surface area contributed by atoms with Gasteiger partial charge in [0.05, 0.1) is 10.8 Å². The maximum Gasteiger partial charge on any atom is 0.200 e. The molecule has 0 aromatic heterocycles. The number of hydrogen-bond acceptors (Lipinski definition) is 1. The molecule has 0 unspecified atom stereocenters. The molecule has 0 aliphatic carbocycles. The van der Waals surface area contributed by atoms with Crippen molar-refractivity contribution in [3.05, 3.63) is 69.8 Å². The normalized spacial score (nSPS) is 11.4. The van der Waals surface area contributed by atoms with E-state index in [2.05, 4.69) is 0 Å². The molecule has 1 nitrogen and oxygen atoms in total. The molecule has 0 aliphatic heterocycles. The lowest BCUT2D eigenvalue weighted by Crippen LogP contribution is -2.11. The summed E-state index contributed by atoms with van der Waals surface area (Å²) in [5, 5.41) is -3.04. The largest absolute Gasteiger partial charge is 0.346 e. The third kappa shape index (κ3) is 2.75. The van der Waals surface area contributed by atoms with Crippen molar-refractivity contribution in [2.24, 2.45) is 0 Å². The van der Waals surface area contributed by atoms with Gasteiger partial charge >= 0.3 is 0 Å². The van der Waals surface area contributed by atoms with Gasteiger partial charge in [0, 0.05) is 0 Å². The second-order valence-corrected chi connectivity index (χ2v) is 5.39. The minimum atomic E-state index is -2.64. The van der Waals surface area contributed by atoms with Crippen molar-refractivity contribution in [3.8, 4) is 0 Å². The highest BCUT2D eigenvalue weighted by molar-refractivity contribution is 5.89. The number of anilines is 2. The number of nitrogens with one attached hydrogen (secondary N) is 1. The molecule has 3 aromatic rings. The van der Waals surface area contributed by atoms with Crippen molar-refractivity contribution in [2.75, 3.05) is 5.32 Å². The molecule has 3 rings (SSSR count). The lowest BCUT2D eigenvalue weighted by atomic mass is 10.0. The molecule has 0 saturated heterocycles. The Bertz CT molecular complexity index is 1170. The zero-order valence-electron chi connectivity index (χ0n) is 13.0. The zero-order chi connectivity index (χ0) is 21.9. The van der Waals surface area contributed by atoms with Crippen LogP contribution in [0.15, 0.2) is 0 Å². The van der Waals surface area contributed by atoms with Gasteiger partial charge in [-0.2, -0.15) is 0 Å². The number of rotatable bonds is 2. The molecule has 29 heavy (non-hydrogen) atoms. The maximum absolute atomic E-state index is 14.4. The van der Waals surface area contributed by atoms with Crippen molar-refractivity contribution in [1.82, 2.24) is 0 Å². The smallest absolute Gasteiger partial charge is 0.200 e. The molecule has 154 valence electrons. The molecule has 0 fully saturated rings. The molecule has 3 aromatic carbocycles. The molecule has 0 atom stereocenters. The third-order valence-corrected chi connectivity index (χ3v) is 3.80. The highest BCUT2D eigenvalue weighted by Crippen LogP contribution is 2.39. The Morgan fingerprint density at radius 2 is 0.517 bits per heavy atom. The second kappa shape index (κ2) is 6.74. The van der Waals surface area contributed by atoms with E-state index in [4.69, 9.17) is 0 Å². The van der Waals surface area contributed by atoms with E-state index in [9.17, 15) is 52.7 Å². The first-order chi connectivity index (χ1) is 13.4. The first kappa shape index (κ1) is 20.6. The van der Waals surface area contributed by atoms with Crippen LogP contribution < -0.4 is 5.32 Å². The molecule has 0 saturated carbocycles. The summed E-state index contributed by atoms with van der Waals surface area (Å²) in [4.78, 5) is 0. The van der Waals surface area contributed by atoms with Gasteiger partial charge in [-0.15, -0.1) is 0 Å². The van der Waals surface area contributed by atoms with Gasteiger partial charge < -0.3 is 5.32 Å². The molecule has 1 N–H and O–H groups in total. The van der Waals surface area contributed by atoms with Gasteiger partial charge in [-0.3, -0.25) is 0 Å². The average molecular weight is 435 g/mol. The Morgan fingerprint density at radius 3 is 0.966 bits per heavy atom. The van der Waals surface area contributed by atoms with Crippen LogP contribution in [0.4, 0.5) is 64.1 Å². The topological polar surface area (TPSA) is 12.0 Å². The minimum Gasteiger partial charge on any atom is -0.346 e. The fraction of sp³-hybridized carbons (Fsp3) is 0. The summed E-state index contributed by atoms with van der Waals surface area (Å²) in [6, 6.07) is 0. The maximum atomic E-state index is 14.4. The van der Waals surface area contributed by atoms with Crippen molar-refractivity contribution in [2.45, 2.75) is 0 Å². The number of hydrogen-bond donors (Lipinski definition) is 1. The van der Waals surface area contributed by atoms with E-state index in [0.717, 1.165) is 5.32 Å². The first-order valence-corrected chi connectivity index (χ1v) is 7.02. The van der Waals surface area contributed by atoms with Gasteiger partial charge in [-0.1, -0.05) is 0 Å². The quantitative estimate of drug-likeness (QED) is 0.285. The summed E-state index contributed by atoms with van der Waals surface area (Å²) in [5.74, 6) is -30.9. The summed E-state index contributed by atoms with van der Waals surface area (Å²) in [5.41, 5.74) is -4.15. The van der Waals surface area contributed by atoms with Crippen molar-refractivity contribution in [3.63, 3.8) is 0 Å². The van der Waals surface area contributed by atoms with Gasteiger partial charge in [0.25, 0.3) is 0 Å². The van der Waals surface area contributed by atoms with E-state index in [0.29, 0.717) is 0 Å². The van der Waals surface area contributed by atoms with Gasteiger partial charge in [0.15, 0.2) is 64.0 Å². The van der Waals surface area contributed by atoms with Crippen LogP contribution >= 0.6 is 0 Å². The lowest BCUT2D eigenvalue weighted by molar-refractivity contribution is 0.381. The summed E-state index contributed by atoms with van der Waals surface area (Å²) in [6.07, 6.45) is 0. The first-order valence-electron chi connectivity index (χ1n) is 7.02. The summed E-state index contributed by atoms with van der Waals surface area (Å²) in [6.45, 7) is 0. The third-order valence-electron chi connectivity index (χ3n) is 3.80. The summed E-state index contributed by atoms with van der Waals surface area (Å²) in [7, 11) is 0. The summed E-state index contributed by atoms with van der Waals surface area (Å²) < 4.78 is 163. The van der Waals surface area contributed by atoms with Gasteiger partial charge in [0.2, 0.25) is 5.82 Å². The van der Waals surface area contributed by atoms with Crippen LogP contribution in [0, 0.1) is 69.8 Å². The molecule has 0 amide bonds. The fourth-order valence-corrected chi connectivity index (χ4v) is 2.43. The van der Waals surface area contributed by atoms with E-state index in [1.54, 1.807) is 0 Å². The number of halogens is 12. The van der Waals surface area contributed by atoms with Crippen LogP contribution in [0.2, 0.25) is 0 Å². The number of benzene rings is 3. The van der Waals surface area contributed by atoms with Crippen molar-refractivity contribution < 1.29 is 52.7 Å². The van der Waals surface area contributed by atoms with Crippen LogP contribution in [-0.2, 0) is 0 Å². The highest BCUT2D eigenvalue weighted by atomic mass is 19.2. The Hall–Kier alpha value is -3.12. The van der Waals surface area contributed by atoms with Crippen LogP contribution in [0.3, 0.4) is 0 Å². The highest BCUT2D eigenvalue weighted by Gasteiger charge is 2.32. The second-order valence-electron chi connectivity index (χ2n) is 5.39. The Labute approximate surface area is 151 Å². The molecule has 0 radical (unpaired) electrons. The SMILES string of the molecule is Fc1c(F)c(F)c(Nc2c(F)c(F)c3c(F)c(F)c(F)c(F)c3c2F)c(F)c1F. The molecular weight excluding hydrogens is 434 g/mol. The van der Waals surface area contributed by atoms with E-state index in [1.165, 1.54) is 0 Å². The molecule has 0 bridgehead atoms. The van der Waals surface area contributed by atoms with Crippen LogP contribution in [-0.4, -0.2) is 0 Å². The lowest BCUT2D eigenvalue weighted by Gasteiger charge is -2.15. The zero-order valence-corrected chi connectivity index (χ0v) is 13.0. The monoisotopic (exact) mass is 435 g/mol. The average Bonchev–Trinajstić information content (AvgIpc) is 2.69. The fourth-order valence-electron chi connectivity index (χ4n) is 2.43.